The molecule has 0 saturated carbocycles. The van der Waals surface area contributed by atoms with Crippen LogP contribution in [0, 0.1) is 0 Å². The van der Waals surface area contributed by atoms with Crippen LogP contribution in [0.4, 0.5) is 0 Å². The highest BCUT2D eigenvalue weighted by atomic mass is 79.9. The fraction of sp³-hybridized carbons (Fsp3) is 0.154. The van der Waals surface area contributed by atoms with Gasteiger partial charge in [0, 0.05) is 24.5 Å². The zero-order valence-electron chi connectivity index (χ0n) is 9.88. The molecule has 5 heteroatoms. The molecule has 0 aliphatic carbocycles. The number of nitrogens with zero attached hydrogens (tertiary/aromatic N) is 3. The number of halogens is 1. The van der Waals surface area contributed by atoms with E-state index in [1.807, 2.05) is 11.6 Å². The van der Waals surface area contributed by atoms with Gasteiger partial charge in [-0.3, -0.25) is 14.5 Å². The molecule has 0 N–H and O–H groups in total. The van der Waals surface area contributed by atoms with Crippen molar-refractivity contribution in [2.75, 3.05) is 0 Å². The average molecular weight is 306 g/mol. The molecule has 2 rings (SSSR count). The molecule has 0 amide bonds. The van der Waals surface area contributed by atoms with Crippen LogP contribution in [-0.2, 0) is 6.54 Å². The zero-order chi connectivity index (χ0) is 13.0. The minimum absolute atomic E-state index is 0.0705. The van der Waals surface area contributed by atoms with E-state index in [0.717, 1.165) is 16.7 Å². The first-order chi connectivity index (χ1) is 8.72. The van der Waals surface area contributed by atoms with Crippen LogP contribution < -0.4 is 0 Å². The van der Waals surface area contributed by atoms with Crippen molar-refractivity contribution in [3.63, 3.8) is 0 Å². The van der Waals surface area contributed by atoms with E-state index in [1.165, 1.54) is 6.08 Å². The van der Waals surface area contributed by atoms with Crippen LogP contribution in [0.15, 0.2) is 41.3 Å². The summed E-state index contributed by atoms with van der Waals surface area (Å²) >= 11 is 3.41. The van der Waals surface area contributed by atoms with Crippen LogP contribution in [0.1, 0.15) is 23.0 Å². The van der Waals surface area contributed by atoms with Crippen molar-refractivity contribution in [1.82, 2.24) is 14.8 Å². The molecule has 0 atom stereocenters. The summed E-state index contributed by atoms with van der Waals surface area (Å²) in [5.41, 5.74) is 1.46. The molecular formula is C13H12BrN3O. The lowest BCUT2D eigenvalue weighted by Gasteiger charge is -1.99. The Morgan fingerprint density at radius 3 is 3.00 bits per heavy atom. The lowest BCUT2D eigenvalue weighted by atomic mass is 10.2. The summed E-state index contributed by atoms with van der Waals surface area (Å²) < 4.78 is 2.69. The van der Waals surface area contributed by atoms with E-state index in [1.54, 1.807) is 36.8 Å². The second kappa shape index (κ2) is 5.73. The molecular weight excluding hydrogens is 294 g/mol. The van der Waals surface area contributed by atoms with Gasteiger partial charge >= 0.3 is 0 Å². The standard InChI is InChI=1S/C13H12BrN3O/c1-2-17-12(11(14)9-16-17)5-6-13(18)10-4-3-7-15-8-10/h3-9H,2H2,1H3/b6-5+. The third kappa shape index (κ3) is 2.73. The number of carbonyl (C=O) groups is 1. The van der Waals surface area contributed by atoms with Crippen LogP contribution in [0.3, 0.4) is 0 Å². The summed E-state index contributed by atoms with van der Waals surface area (Å²) in [6, 6.07) is 3.49. The molecule has 2 heterocycles. The minimum Gasteiger partial charge on any atom is -0.289 e. The summed E-state index contributed by atoms with van der Waals surface area (Å²) in [4.78, 5) is 15.8. The third-order valence-corrected chi connectivity index (χ3v) is 3.08. The Labute approximate surface area is 113 Å². The average Bonchev–Trinajstić information content (AvgIpc) is 2.77. The van der Waals surface area contributed by atoms with Crippen LogP contribution in [0.2, 0.25) is 0 Å². The number of ketones is 1. The molecule has 2 aromatic rings. The maximum Gasteiger partial charge on any atom is 0.187 e. The van der Waals surface area contributed by atoms with E-state index < -0.39 is 0 Å². The van der Waals surface area contributed by atoms with Gasteiger partial charge in [0.05, 0.1) is 16.4 Å². The van der Waals surface area contributed by atoms with Crippen LogP contribution >= 0.6 is 15.9 Å². The fourth-order valence-corrected chi connectivity index (χ4v) is 1.98. The molecule has 0 aliphatic heterocycles. The predicted octanol–water partition coefficient (Wildman–Crippen LogP) is 2.96. The Balaban J connectivity index is 2.21. The summed E-state index contributed by atoms with van der Waals surface area (Å²) in [6.07, 6.45) is 8.21. The molecule has 0 spiro atoms. The fourth-order valence-electron chi connectivity index (χ4n) is 1.55. The highest BCUT2D eigenvalue weighted by Gasteiger charge is 2.05. The van der Waals surface area contributed by atoms with Crippen molar-refractivity contribution >= 4 is 27.8 Å². The summed E-state index contributed by atoms with van der Waals surface area (Å²) in [7, 11) is 0. The second-order valence-electron chi connectivity index (χ2n) is 3.63. The van der Waals surface area contributed by atoms with Crippen molar-refractivity contribution in [3.05, 3.63) is 52.5 Å². The van der Waals surface area contributed by atoms with Gasteiger partial charge in [0.2, 0.25) is 0 Å². The Kier molecular flexibility index (Phi) is 4.04. The topological polar surface area (TPSA) is 47.8 Å². The molecule has 0 aromatic carbocycles. The summed E-state index contributed by atoms with van der Waals surface area (Å²) in [5.74, 6) is -0.0705. The number of hydrogen-bond donors (Lipinski definition) is 0. The molecule has 0 aliphatic rings. The first-order valence-electron chi connectivity index (χ1n) is 5.56. The van der Waals surface area contributed by atoms with Gasteiger partial charge in [-0.15, -0.1) is 0 Å². The molecule has 0 saturated heterocycles. The highest BCUT2D eigenvalue weighted by Crippen LogP contribution is 2.17. The van der Waals surface area contributed by atoms with Crippen molar-refractivity contribution in [2.24, 2.45) is 0 Å². The van der Waals surface area contributed by atoms with Gasteiger partial charge < -0.3 is 0 Å². The first kappa shape index (κ1) is 12.7. The van der Waals surface area contributed by atoms with E-state index in [4.69, 9.17) is 0 Å². The summed E-state index contributed by atoms with van der Waals surface area (Å²) in [6.45, 7) is 2.76. The van der Waals surface area contributed by atoms with Gasteiger partial charge in [-0.2, -0.15) is 5.10 Å². The number of rotatable bonds is 4. The Morgan fingerprint density at radius 2 is 2.33 bits per heavy atom. The normalized spacial score (nSPS) is 11.0. The lowest BCUT2D eigenvalue weighted by Crippen LogP contribution is -2.00. The van der Waals surface area contributed by atoms with Gasteiger partial charge in [-0.05, 0) is 47.1 Å². The van der Waals surface area contributed by atoms with Gasteiger partial charge in [0.1, 0.15) is 0 Å². The number of allylic oxidation sites excluding steroid dienone is 1. The van der Waals surface area contributed by atoms with E-state index in [0.29, 0.717) is 5.56 Å². The largest absolute Gasteiger partial charge is 0.289 e. The van der Waals surface area contributed by atoms with E-state index >= 15 is 0 Å². The molecule has 0 unspecified atom stereocenters. The van der Waals surface area contributed by atoms with E-state index in [-0.39, 0.29) is 5.78 Å². The number of pyridine rings is 1. The van der Waals surface area contributed by atoms with Crippen LogP contribution in [0.25, 0.3) is 6.08 Å². The van der Waals surface area contributed by atoms with Gasteiger partial charge in [-0.1, -0.05) is 0 Å². The minimum atomic E-state index is -0.0705. The Morgan fingerprint density at radius 1 is 1.50 bits per heavy atom. The highest BCUT2D eigenvalue weighted by molar-refractivity contribution is 9.10. The zero-order valence-corrected chi connectivity index (χ0v) is 11.5. The Hall–Kier alpha value is -1.75. The van der Waals surface area contributed by atoms with Crippen LogP contribution in [0.5, 0.6) is 0 Å². The quantitative estimate of drug-likeness (QED) is 0.644. The molecule has 92 valence electrons. The maximum absolute atomic E-state index is 11.9. The molecule has 4 nitrogen and oxygen atoms in total. The van der Waals surface area contributed by atoms with Gasteiger partial charge in [-0.25, -0.2) is 0 Å². The van der Waals surface area contributed by atoms with E-state index in [2.05, 4.69) is 26.0 Å². The van der Waals surface area contributed by atoms with Crippen LogP contribution in [-0.4, -0.2) is 20.5 Å². The first-order valence-corrected chi connectivity index (χ1v) is 6.35. The van der Waals surface area contributed by atoms with Gasteiger partial charge in [0.25, 0.3) is 0 Å². The SMILES string of the molecule is CCn1ncc(Br)c1/C=C/C(=O)c1cccnc1. The number of aryl methyl sites for hydroxylation is 1. The monoisotopic (exact) mass is 305 g/mol. The number of aromatic nitrogens is 3. The number of hydrogen-bond acceptors (Lipinski definition) is 3. The van der Waals surface area contributed by atoms with E-state index in [9.17, 15) is 4.79 Å². The smallest absolute Gasteiger partial charge is 0.187 e. The second-order valence-corrected chi connectivity index (χ2v) is 4.49. The molecule has 0 bridgehead atoms. The summed E-state index contributed by atoms with van der Waals surface area (Å²) in [5, 5.41) is 4.18. The third-order valence-electron chi connectivity index (χ3n) is 2.47. The molecule has 0 radical (unpaired) electrons. The Bertz CT molecular complexity index is 575. The van der Waals surface area contributed by atoms with Crippen molar-refractivity contribution < 1.29 is 4.79 Å². The maximum atomic E-state index is 11.9. The van der Waals surface area contributed by atoms with Crippen molar-refractivity contribution in [1.29, 1.82) is 0 Å². The molecule has 0 fully saturated rings. The van der Waals surface area contributed by atoms with Crippen molar-refractivity contribution in [3.8, 4) is 0 Å². The molecule has 2 aromatic heterocycles. The lowest BCUT2D eigenvalue weighted by molar-refractivity contribution is 0.104. The van der Waals surface area contributed by atoms with Crippen molar-refractivity contribution in [2.45, 2.75) is 13.5 Å². The predicted molar refractivity (Wildman–Crippen MR) is 73.2 cm³/mol. The molecule has 18 heavy (non-hydrogen) atoms. The number of carbonyl (C=O) groups excluding carboxylic acids is 1. The van der Waals surface area contributed by atoms with Gasteiger partial charge in [0.15, 0.2) is 5.78 Å².